The van der Waals surface area contributed by atoms with Gasteiger partial charge in [-0.25, -0.2) is 0 Å². The molecule has 4 nitrogen and oxygen atoms in total. The van der Waals surface area contributed by atoms with E-state index < -0.39 is 18.4 Å². The van der Waals surface area contributed by atoms with Gasteiger partial charge in [-0.2, -0.15) is 0 Å². The number of hydrogen-bond acceptors (Lipinski definition) is 3. The second kappa shape index (κ2) is 9.58. The number of rotatable bonds is 10. The molecule has 1 rings (SSSR count). The molecule has 0 aromatic carbocycles. The van der Waals surface area contributed by atoms with Gasteiger partial charge in [-0.1, -0.05) is 0 Å². The van der Waals surface area contributed by atoms with Gasteiger partial charge in [0.25, 0.3) is 0 Å². The Balaban J connectivity index is 3.40. The van der Waals surface area contributed by atoms with E-state index in [-0.39, 0.29) is 5.56 Å². The fourth-order valence-electron chi connectivity index (χ4n) is 3.38. The minimum atomic E-state index is -2.63. The monoisotopic (exact) mass is 416 g/mol. The molecule has 0 unspecified atom stereocenters. The molecule has 1 aromatic rings. The Hall–Kier alpha value is -0.521. The van der Waals surface area contributed by atoms with Gasteiger partial charge < -0.3 is 0 Å². The van der Waals surface area contributed by atoms with E-state index in [1.807, 2.05) is 6.20 Å². The summed E-state index contributed by atoms with van der Waals surface area (Å²) in [6.07, 6.45) is 8.11. The zero-order valence-electron chi connectivity index (χ0n) is 14.9. The van der Waals surface area contributed by atoms with E-state index in [0.717, 1.165) is 0 Å². The van der Waals surface area contributed by atoms with Gasteiger partial charge in [0.1, 0.15) is 0 Å². The average molecular weight is 415 g/mol. The van der Waals surface area contributed by atoms with Crippen LogP contribution in [-0.2, 0) is 7.05 Å². The molecule has 126 valence electrons. The first kappa shape index (κ1) is 19.5. The average Bonchev–Trinajstić information content (AvgIpc) is 2.52. The molecule has 0 spiro atoms. The summed E-state index contributed by atoms with van der Waals surface area (Å²) >= 11 is -2.63. The summed E-state index contributed by atoms with van der Waals surface area (Å²) in [6, 6.07) is 0. The zero-order chi connectivity index (χ0) is 16.6. The summed E-state index contributed by atoms with van der Waals surface area (Å²) in [5.41, 5.74) is -0.0785. The first-order chi connectivity index (χ1) is 10.6. The third-order valence-corrected chi connectivity index (χ3v) is 20.5. The second-order valence-corrected chi connectivity index (χ2v) is 19.4. The van der Waals surface area contributed by atoms with Crippen LogP contribution in [0.4, 0.5) is 0 Å². The zero-order valence-corrected chi connectivity index (χ0v) is 17.8. The van der Waals surface area contributed by atoms with Crippen molar-refractivity contribution < 1.29 is 4.74 Å². The maximum absolute atomic E-state index is 12.4. The summed E-state index contributed by atoms with van der Waals surface area (Å²) in [5.74, 6) is 0.578. The van der Waals surface area contributed by atoms with Crippen LogP contribution in [0.5, 0.6) is 5.75 Å². The molecule has 5 heteroatoms. The molecule has 0 fully saturated rings. The number of unbranched alkanes of at least 4 members (excludes halogenated alkanes) is 2. The van der Waals surface area contributed by atoms with Gasteiger partial charge >= 0.3 is 139 Å². The number of ether oxygens (including phenoxy) is 1. The van der Waals surface area contributed by atoms with E-state index in [4.69, 9.17) is 4.74 Å². The summed E-state index contributed by atoms with van der Waals surface area (Å²) in [4.78, 5) is 12.4. The van der Waals surface area contributed by atoms with Crippen molar-refractivity contribution in [2.45, 2.75) is 66.2 Å². The first-order valence-corrected chi connectivity index (χ1v) is 16.1. The van der Waals surface area contributed by atoms with E-state index in [0.29, 0.717) is 5.75 Å². The number of aromatic nitrogens is 2. The molecule has 1 aromatic heterocycles. The number of nitrogens with zero attached hydrogens (tertiary/aromatic N) is 2. The third-order valence-electron chi connectivity index (χ3n) is 4.61. The Morgan fingerprint density at radius 1 is 1.09 bits per heavy atom. The predicted molar refractivity (Wildman–Crippen MR) is 95.9 cm³/mol. The van der Waals surface area contributed by atoms with Crippen molar-refractivity contribution in [2.75, 3.05) is 7.11 Å². The van der Waals surface area contributed by atoms with Crippen LogP contribution in [-0.4, -0.2) is 35.3 Å². The number of hydrogen-bond donors (Lipinski definition) is 0. The summed E-state index contributed by atoms with van der Waals surface area (Å²) in [6.45, 7) is 6.77. The van der Waals surface area contributed by atoms with E-state index in [1.54, 1.807) is 14.2 Å². The van der Waals surface area contributed by atoms with Gasteiger partial charge in [0, 0.05) is 0 Å². The number of methoxy groups -OCH3 is 1. The Morgan fingerprint density at radius 2 is 1.68 bits per heavy atom. The van der Waals surface area contributed by atoms with Gasteiger partial charge in [-0.05, 0) is 0 Å². The molecule has 0 N–H and O–H groups in total. The Bertz CT molecular complexity index is 506. The Morgan fingerprint density at radius 3 is 2.14 bits per heavy atom. The van der Waals surface area contributed by atoms with Crippen LogP contribution >= 0.6 is 0 Å². The van der Waals surface area contributed by atoms with Crippen LogP contribution in [0, 0.1) is 0 Å². The van der Waals surface area contributed by atoms with Crippen molar-refractivity contribution in [1.82, 2.24) is 9.78 Å². The van der Waals surface area contributed by atoms with Crippen molar-refractivity contribution in [1.29, 1.82) is 0 Å². The van der Waals surface area contributed by atoms with E-state index >= 15 is 0 Å². The molecule has 0 aliphatic rings. The Labute approximate surface area is 139 Å². The predicted octanol–water partition coefficient (Wildman–Crippen LogP) is 3.45. The maximum atomic E-state index is 12.4. The van der Waals surface area contributed by atoms with Crippen LogP contribution in [0.2, 0.25) is 13.3 Å². The summed E-state index contributed by atoms with van der Waals surface area (Å²) in [7, 11) is 3.33. The van der Waals surface area contributed by atoms with Gasteiger partial charge in [-0.15, -0.1) is 0 Å². The summed E-state index contributed by atoms with van der Waals surface area (Å²) < 4.78 is 12.1. The molecule has 0 bridgehead atoms. The van der Waals surface area contributed by atoms with E-state index in [9.17, 15) is 4.79 Å². The topological polar surface area (TPSA) is 44.1 Å². The molecule has 0 saturated carbocycles. The van der Waals surface area contributed by atoms with Crippen LogP contribution in [0.25, 0.3) is 0 Å². The SMILES string of the molecule is CCC[CH2][Sn]([CH2]CC)([CH2]CCC)[c]1cnn(C)c(=O)c1OC. The van der Waals surface area contributed by atoms with Crippen molar-refractivity contribution in [2.24, 2.45) is 7.05 Å². The molecule has 0 aliphatic carbocycles. The third kappa shape index (κ3) is 4.49. The number of aryl methyl sites for hydroxylation is 1. The first-order valence-electron chi connectivity index (χ1n) is 8.67. The van der Waals surface area contributed by atoms with Crippen LogP contribution < -0.4 is 13.9 Å². The standard InChI is InChI=1S/C6H7N2O2.2C4H9.C3H7.Sn/c1-8-6(9)5(10-2)3-4-7-8;2*1-3-4-2;1-3-2;/h4H,1-2H3;2*1,3-4H2,2H3;1,3H2,2H3;. The van der Waals surface area contributed by atoms with Crippen molar-refractivity contribution in [3.05, 3.63) is 16.6 Å². The fourth-order valence-corrected chi connectivity index (χ4v) is 19.4. The minimum absolute atomic E-state index is 0.0785. The van der Waals surface area contributed by atoms with E-state index in [2.05, 4.69) is 25.9 Å². The van der Waals surface area contributed by atoms with Crippen molar-refractivity contribution in [3.8, 4) is 5.75 Å². The molecular formula is C17H32N2O2Sn. The molecule has 0 amide bonds. The molecule has 0 atom stereocenters. The van der Waals surface area contributed by atoms with Gasteiger partial charge in [0.2, 0.25) is 0 Å². The van der Waals surface area contributed by atoms with Crippen molar-refractivity contribution in [3.63, 3.8) is 0 Å². The van der Waals surface area contributed by atoms with E-state index in [1.165, 1.54) is 53.7 Å². The summed E-state index contributed by atoms with van der Waals surface area (Å²) in [5, 5.41) is 4.33. The Kier molecular flexibility index (Phi) is 8.50. The quantitative estimate of drug-likeness (QED) is 0.550. The molecule has 0 aliphatic heterocycles. The van der Waals surface area contributed by atoms with Crippen LogP contribution in [0.1, 0.15) is 52.9 Å². The van der Waals surface area contributed by atoms with Crippen LogP contribution in [0.15, 0.2) is 11.0 Å². The fraction of sp³-hybridized carbons (Fsp3) is 0.765. The van der Waals surface area contributed by atoms with Gasteiger partial charge in [0.05, 0.1) is 0 Å². The van der Waals surface area contributed by atoms with Crippen molar-refractivity contribution >= 4 is 22.0 Å². The van der Waals surface area contributed by atoms with Crippen LogP contribution in [0.3, 0.4) is 0 Å². The molecular weight excluding hydrogens is 383 g/mol. The van der Waals surface area contributed by atoms with Gasteiger partial charge in [0.15, 0.2) is 0 Å². The molecule has 0 saturated heterocycles. The second-order valence-electron chi connectivity index (χ2n) is 6.26. The molecule has 1 heterocycles. The molecule has 0 radical (unpaired) electrons. The normalized spacial score (nSPS) is 11.7. The molecule has 22 heavy (non-hydrogen) atoms. The van der Waals surface area contributed by atoms with Gasteiger partial charge in [-0.3, -0.25) is 0 Å².